The molecule has 10 nitrogen and oxygen atoms in total. The molecule has 0 spiro atoms. The van der Waals surface area contributed by atoms with Crippen LogP contribution in [0.3, 0.4) is 0 Å². The topological polar surface area (TPSA) is 111 Å². The first-order valence-corrected chi connectivity index (χ1v) is 10.8. The molecule has 0 aliphatic carbocycles. The minimum Gasteiger partial charge on any atom is -0.395 e. The lowest BCUT2D eigenvalue weighted by Crippen LogP contribution is -2.14. The first-order chi connectivity index (χ1) is 16.2. The normalized spacial score (nSPS) is 11.2. The van der Waals surface area contributed by atoms with Crippen molar-refractivity contribution in [3.63, 3.8) is 0 Å². The minimum atomic E-state index is 0.0344. The van der Waals surface area contributed by atoms with Gasteiger partial charge >= 0.3 is 0 Å². The predicted molar refractivity (Wildman–Crippen MR) is 127 cm³/mol. The van der Waals surface area contributed by atoms with Crippen molar-refractivity contribution in [3.05, 3.63) is 73.2 Å². The Balaban J connectivity index is 1.34. The summed E-state index contributed by atoms with van der Waals surface area (Å²) in [5.41, 5.74) is 7.57. The predicted octanol–water partition coefficient (Wildman–Crippen LogP) is 2.99. The van der Waals surface area contributed by atoms with E-state index in [0.717, 1.165) is 34.3 Å². The number of anilines is 2. The van der Waals surface area contributed by atoms with Crippen molar-refractivity contribution in [2.45, 2.75) is 26.6 Å². The minimum absolute atomic E-state index is 0.0344. The summed E-state index contributed by atoms with van der Waals surface area (Å²) in [7, 11) is 0. The molecule has 0 aliphatic heterocycles. The van der Waals surface area contributed by atoms with E-state index in [1.165, 1.54) is 6.33 Å². The fraction of sp³-hybridized carbons (Fsp3) is 0.217. The van der Waals surface area contributed by atoms with Crippen molar-refractivity contribution >= 4 is 22.8 Å². The van der Waals surface area contributed by atoms with E-state index >= 15 is 0 Å². The van der Waals surface area contributed by atoms with E-state index < -0.39 is 0 Å². The van der Waals surface area contributed by atoms with Crippen LogP contribution in [0, 0.1) is 0 Å². The number of nitrogens with zero attached hydrogens (tertiary/aromatic N) is 7. The van der Waals surface area contributed by atoms with Gasteiger partial charge in [0.1, 0.15) is 12.1 Å². The molecule has 0 fully saturated rings. The molecule has 0 bridgehead atoms. The van der Waals surface area contributed by atoms with Gasteiger partial charge < -0.3 is 20.4 Å². The zero-order valence-electron chi connectivity index (χ0n) is 18.3. The molecule has 33 heavy (non-hydrogen) atoms. The Morgan fingerprint density at radius 1 is 1.06 bits per heavy atom. The molecule has 0 aliphatic rings. The standard InChI is InChI=1S/C23H25N9O/c1-2-31-15-19(14-27-31)18-5-3-4-17(12-18)13-28-32-8-6-20-21(25-16-26-22(20)32)29-23-24-7-9-30(23)10-11-33/h3-9,12,14-16,28,33H,2,10-11,13H2,1H3,(H,24,25,26,29). The largest absolute Gasteiger partial charge is 0.395 e. The molecule has 3 N–H and O–H groups in total. The number of benzene rings is 1. The number of aryl methyl sites for hydroxylation is 1. The van der Waals surface area contributed by atoms with Crippen molar-refractivity contribution in [1.29, 1.82) is 0 Å². The van der Waals surface area contributed by atoms with E-state index in [0.29, 0.717) is 24.9 Å². The molecule has 10 heteroatoms. The molecule has 0 radical (unpaired) electrons. The molecule has 5 rings (SSSR count). The van der Waals surface area contributed by atoms with Gasteiger partial charge in [-0.05, 0) is 30.2 Å². The Bertz CT molecular complexity index is 1370. The van der Waals surface area contributed by atoms with Crippen LogP contribution in [0.1, 0.15) is 12.5 Å². The molecule has 168 valence electrons. The average molecular weight is 444 g/mol. The van der Waals surface area contributed by atoms with E-state index in [-0.39, 0.29) is 6.61 Å². The third-order valence-corrected chi connectivity index (χ3v) is 5.44. The maximum atomic E-state index is 9.23. The lowest BCUT2D eigenvalue weighted by atomic mass is 10.1. The molecule has 1 aromatic carbocycles. The zero-order chi connectivity index (χ0) is 22.6. The number of fused-ring (bicyclic) bond motifs is 1. The van der Waals surface area contributed by atoms with Gasteiger partial charge in [-0.15, -0.1) is 0 Å². The molecule has 0 unspecified atom stereocenters. The Labute approximate surface area is 190 Å². The SMILES string of the molecule is CCn1cc(-c2cccc(CNn3ccc4c(Nc5nccn5CCO)ncnc43)c2)cn1. The maximum Gasteiger partial charge on any atom is 0.208 e. The van der Waals surface area contributed by atoms with Crippen molar-refractivity contribution in [3.8, 4) is 11.1 Å². The number of rotatable bonds is 9. The number of aliphatic hydroxyl groups is 1. The van der Waals surface area contributed by atoms with Crippen LogP contribution in [0.15, 0.2) is 67.6 Å². The Hall–Kier alpha value is -4.18. The van der Waals surface area contributed by atoms with E-state index in [1.54, 1.807) is 6.20 Å². The zero-order valence-corrected chi connectivity index (χ0v) is 18.3. The summed E-state index contributed by atoms with van der Waals surface area (Å²) in [6.45, 7) is 4.05. The number of aromatic nitrogens is 7. The first kappa shape index (κ1) is 20.7. The van der Waals surface area contributed by atoms with Crippen LogP contribution in [0.5, 0.6) is 0 Å². The van der Waals surface area contributed by atoms with Gasteiger partial charge in [0.15, 0.2) is 5.65 Å². The lowest BCUT2D eigenvalue weighted by molar-refractivity contribution is 0.277. The van der Waals surface area contributed by atoms with Crippen molar-refractivity contribution in [1.82, 2.24) is 34.0 Å². The van der Waals surface area contributed by atoms with Gasteiger partial charge in [0.2, 0.25) is 5.95 Å². The van der Waals surface area contributed by atoms with Crippen LogP contribution in [0.4, 0.5) is 11.8 Å². The highest BCUT2D eigenvalue weighted by Crippen LogP contribution is 2.23. The summed E-state index contributed by atoms with van der Waals surface area (Å²) in [5, 5.41) is 17.7. The Morgan fingerprint density at radius 3 is 2.85 bits per heavy atom. The second kappa shape index (κ2) is 9.13. The van der Waals surface area contributed by atoms with E-state index in [1.807, 2.05) is 38.6 Å². The van der Waals surface area contributed by atoms with E-state index in [2.05, 4.69) is 68.2 Å². The number of nitrogens with one attached hydrogen (secondary N) is 2. The van der Waals surface area contributed by atoms with Gasteiger partial charge in [0.25, 0.3) is 0 Å². The second-order valence-corrected chi connectivity index (χ2v) is 7.56. The van der Waals surface area contributed by atoms with Gasteiger partial charge in [0.05, 0.1) is 24.7 Å². The van der Waals surface area contributed by atoms with Crippen LogP contribution < -0.4 is 10.7 Å². The van der Waals surface area contributed by atoms with Crippen LogP contribution in [0.25, 0.3) is 22.2 Å². The molecule has 4 heterocycles. The summed E-state index contributed by atoms with van der Waals surface area (Å²) < 4.78 is 5.65. The molecule has 0 amide bonds. The third-order valence-electron chi connectivity index (χ3n) is 5.44. The fourth-order valence-corrected chi connectivity index (χ4v) is 3.73. The average Bonchev–Trinajstić information content (AvgIpc) is 3.59. The van der Waals surface area contributed by atoms with Crippen molar-refractivity contribution < 1.29 is 5.11 Å². The first-order valence-electron chi connectivity index (χ1n) is 10.8. The van der Waals surface area contributed by atoms with Crippen LogP contribution in [-0.4, -0.2) is 45.7 Å². The number of hydrogen-bond donors (Lipinski definition) is 3. The summed E-state index contributed by atoms with van der Waals surface area (Å²) in [6.07, 6.45) is 10.9. The van der Waals surface area contributed by atoms with Gasteiger partial charge in [-0.2, -0.15) is 5.10 Å². The van der Waals surface area contributed by atoms with Gasteiger partial charge in [-0.25, -0.2) is 19.6 Å². The van der Waals surface area contributed by atoms with Crippen molar-refractivity contribution in [2.24, 2.45) is 0 Å². The third kappa shape index (κ3) is 4.28. The van der Waals surface area contributed by atoms with Crippen molar-refractivity contribution in [2.75, 3.05) is 17.3 Å². The molecule has 5 aromatic rings. The van der Waals surface area contributed by atoms with Crippen LogP contribution in [0.2, 0.25) is 0 Å². The number of imidazole rings is 1. The van der Waals surface area contributed by atoms with Crippen LogP contribution >= 0.6 is 0 Å². The number of aliphatic hydroxyl groups excluding tert-OH is 1. The highest BCUT2D eigenvalue weighted by atomic mass is 16.3. The Morgan fingerprint density at radius 2 is 2.00 bits per heavy atom. The lowest BCUT2D eigenvalue weighted by Gasteiger charge is -2.11. The smallest absolute Gasteiger partial charge is 0.208 e. The molecular weight excluding hydrogens is 418 g/mol. The molecule has 0 saturated carbocycles. The van der Waals surface area contributed by atoms with Crippen LogP contribution in [-0.2, 0) is 19.6 Å². The summed E-state index contributed by atoms with van der Waals surface area (Å²) in [6, 6.07) is 10.4. The summed E-state index contributed by atoms with van der Waals surface area (Å²) >= 11 is 0. The van der Waals surface area contributed by atoms with Gasteiger partial charge in [-0.3, -0.25) is 4.68 Å². The molecule has 0 saturated heterocycles. The van der Waals surface area contributed by atoms with E-state index in [9.17, 15) is 5.11 Å². The summed E-state index contributed by atoms with van der Waals surface area (Å²) in [5.74, 6) is 1.27. The second-order valence-electron chi connectivity index (χ2n) is 7.56. The molecular formula is C23H25N9O. The molecule has 4 aromatic heterocycles. The quantitative estimate of drug-likeness (QED) is 0.321. The van der Waals surface area contributed by atoms with E-state index in [4.69, 9.17) is 0 Å². The monoisotopic (exact) mass is 443 g/mol. The molecule has 0 atom stereocenters. The van der Waals surface area contributed by atoms with Gasteiger partial charge in [0, 0.05) is 43.4 Å². The highest BCUT2D eigenvalue weighted by molar-refractivity contribution is 5.88. The van der Waals surface area contributed by atoms with Gasteiger partial charge in [-0.1, -0.05) is 18.2 Å². The Kier molecular flexibility index (Phi) is 5.73. The highest BCUT2D eigenvalue weighted by Gasteiger charge is 2.11. The number of hydrogen-bond acceptors (Lipinski definition) is 7. The fourth-order valence-electron chi connectivity index (χ4n) is 3.73. The maximum absolute atomic E-state index is 9.23. The summed E-state index contributed by atoms with van der Waals surface area (Å²) in [4.78, 5) is 13.1.